The van der Waals surface area contributed by atoms with Crippen LogP contribution in [0.1, 0.15) is 6.42 Å². The Balaban J connectivity index is -0.000000333. The first-order chi connectivity index (χ1) is 4.58. The summed E-state index contributed by atoms with van der Waals surface area (Å²) in [5.74, 6) is 0. The van der Waals surface area contributed by atoms with Gasteiger partial charge in [0.05, 0.1) is 0 Å². The summed E-state index contributed by atoms with van der Waals surface area (Å²) in [6, 6.07) is 1.38. The molecule has 0 amide bonds. The van der Waals surface area contributed by atoms with Crippen molar-refractivity contribution < 1.29 is 50.7 Å². The molecule has 0 radical (unpaired) electrons. The van der Waals surface area contributed by atoms with Crippen LogP contribution in [0.25, 0.3) is 0 Å². The predicted molar refractivity (Wildman–Crippen MR) is 50.0 cm³/mol. The molecule has 4 heteroatoms. The molecule has 13 heavy (non-hydrogen) atoms. The summed E-state index contributed by atoms with van der Waals surface area (Å²) < 4.78 is 0. The SMILES string of the molecule is C[Si](C)(C)CC1=CC=CC1.[Cl-].[Cl-].[Hf+2]. The molecule has 0 nitrogen and oxygen atoms in total. The molecule has 0 aromatic carbocycles. The number of allylic oxidation sites excluding steroid dienone is 4. The van der Waals surface area contributed by atoms with Gasteiger partial charge in [0.15, 0.2) is 0 Å². The molecule has 0 aromatic rings. The van der Waals surface area contributed by atoms with E-state index in [-0.39, 0.29) is 50.7 Å². The van der Waals surface area contributed by atoms with E-state index < -0.39 is 8.07 Å². The molecular formula is C9H16Cl2HfSi. The number of hydrogen-bond acceptors (Lipinski definition) is 0. The van der Waals surface area contributed by atoms with Gasteiger partial charge in [0.2, 0.25) is 0 Å². The van der Waals surface area contributed by atoms with Crippen molar-refractivity contribution in [2.75, 3.05) is 0 Å². The van der Waals surface area contributed by atoms with Gasteiger partial charge >= 0.3 is 25.8 Å². The van der Waals surface area contributed by atoms with Crippen molar-refractivity contribution >= 4 is 8.07 Å². The van der Waals surface area contributed by atoms with Gasteiger partial charge in [0.1, 0.15) is 0 Å². The molecular weight excluding hydrogens is 386 g/mol. The third-order valence-corrected chi connectivity index (χ3v) is 3.12. The van der Waals surface area contributed by atoms with E-state index in [1.807, 2.05) is 0 Å². The van der Waals surface area contributed by atoms with Gasteiger partial charge in [0, 0.05) is 8.07 Å². The summed E-state index contributed by atoms with van der Waals surface area (Å²) in [4.78, 5) is 0. The van der Waals surface area contributed by atoms with Gasteiger partial charge in [-0.15, -0.1) is 0 Å². The van der Waals surface area contributed by atoms with Crippen molar-refractivity contribution in [1.82, 2.24) is 0 Å². The molecule has 0 fully saturated rings. The first-order valence-corrected chi connectivity index (χ1v) is 7.63. The quantitative estimate of drug-likeness (QED) is 0.439. The number of halogens is 2. The van der Waals surface area contributed by atoms with Gasteiger partial charge in [-0.05, 0) is 12.5 Å². The Hall–Kier alpha value is 1.15. The molecule has 1 aliphatic rings. The maximum absolute atomic E-state index is 2.42. The van der Waals surface area contributed by atoms with Gasteiger partial charge in [-0.25, -0.2) is 0 Å². The maximum Gasteiger partial charge on any atom is 2.00 e. The van der Waals surface area contributed by atoms with Crippen LogP contribution in [0.4, 0.5) is 0 Å². The zero-order chi connectivity index (χ0) is 7.61. The molecule has 1 aliphatic carbocycles. The zero-order valence-electron chi connectivity index (χ0n) is 8.40. The number of hydrogen-bond donors (Lipinski definition) is 0. The van der Waals surface area contributed by atoms with Crippen molar-refractivity contribution in [3.05, 3.63) is 23.8 Å². The van der Waals surface area contributed by atoms with Crippen LogP contribution in [-0.2, 0) is 25.8 Å². The van der Waals surface area contributed by atoms with Crippen LogP contribution in [0.5, 0.6) is 0 Å². The minimum Gasteiger partial charge on any atom is -1.00 e. The van der Waals surface area contributed by atoms with Crippen LogP contribution >= 0.6 is 0 Å². The second kappa shape index (κ2) is 8.45. The summed E-state index contributed by atoms with van der Waals surface area (Å²) >= 11 is 0. The summed E-state index contributed by atoms with van der Waals surface area (Å²) in [5, 5.41) is 0. The minimum atomic E-state index is -0.831. The van der Waals surface area contributed by atoms with E-state index >= 15 is 0 Å². The smallest absolute Gasteiger partial charge is 1.00 e. The molecule has 0 bridgehead atoms. The standard InChI is InChI=1S/C9H16Si.2ClH.Hf/c1-10(2,3)8-9-6-4-5-7-9;;;/h4-6H,7-8H2,1-3H3;2*1H;/q;;;+2/p-2. The van der Waals surface area contributed by atoms with E-state index in [0.29, 0.717) is 0 Å². The molecule has 0 saturated heterocycles. The van der Waals surface area contributed by atoms with Crippen LogP contribution in [0.3, 0.4) is 0 Å². The van der Waals surface area contributed by atoms with Gasteiger partial charge < -0.3 is 24.8 Å². The van der Waals surface area contributed by atoms with E-state index in [9.17, 15) is 0 Å². The van der Waals surface area contributed by atoms with E-state index in [1.165, 1.54) is 12.5 Å². The molecule has 0 N–H and O–H groups in total. The maximum atomic E-state index is 2.42. The van der Waals surface area contributed by atoms with Crippen LogP contribution in [0.2, 0.25) is 25.7 Å². The van der Waals surface area contributed by atoms with Crippen molar-refractivity contribution in [2.45, 2.75) is 32.1 Å². The van der Waals surface area contributed by atoms with Gasteiger partial charge in [0.25, 0.3) is 0 Å². The average Bonchev–Trinajstić information content (AvgIpc) is 2.12. The van der Waals surface area contributed by atoms with Gasteiger partial charge in [-0.1, -0.05) is 43.4 Å². The fourth-order valence-corrected chi connectivity index (χ4v) is 2.93. The molecule has 0 unspecified atom stereocenters. The Bertz CT molecular complexity index is 183. The zero-order valence-corrected chi connectivity index (χ0v) is 14.5. The predicted octanol–water partition coefficient (Wildman–Crippen LogP) is -2.78. The van der Waals surface area contributed by atoms with Crippen LogP contribution < -0.4 is 24.8 Å². The minimum absolute atomic E-state index is 0. The van der Waals surface area contributed by atoms with Crippen molar-refractivity contribution in [3.63, 3.8) is 0 Å². The molecule has 74 valence electrons. The van der Waals surface area contributed by atoms with Crippen molar-refractivity contribution in [3.8, 4) is 0 Å². The van der Waals surface area contributed by atoms with Crippen molar-refractivity contribution in [2.24, 2.45) is 0 Å². The molecule has 0 saturated carbocycles. The van der Waals surface area contributed by atoms with Crippen LogP contribution in [0.15, 0.2) is 23.8 Å². The molecule has 0 spiro atoms. The normalized spacial score (nSPS) is 13.6. The van der Waals surface area contributed by atoms with Crippen LogP contribution in [-0.4, -0.2) is 8.07 Å². The molecule has 0 aliphatic heterocycles. The Morgan fingerprint density at radius 1 is 1.23 bits per heavy atom. The summed E-state index contributed by atoms with van der Waals surface area (Å²) in [6.07, 6.45) is 7.91. The Labute approximate surface area is 114 Å². The molecule has 0 heterocycles. The molecule has 1 rings (SSSR count). The summed E-state index contributed by atoms with van der Waals surface area (Å²) in [7, 11) is -0.831. The number of rotatable bonds is 2. The summed E-state index contributed by atoms with van der Waals surface area (Å²) in [6.45, 7) is 7.27. The molecule has 0 atom stereocenters. The van der Waals surface area contributed by atoms with Crippen LogP contribution in [0, 0.1) is 0 Å². The Morgan fingerprint density at radius 2 is 1.77 bits per heavy atom. The van der Waals surface area contributed by atoms with E-state index in [1.54, 1.807) is 5.57 Å². The third-order valence-electron chi connectivity index (χ3n) is 1.61. The van der Waals surface area contributed by atoms with Gasteiger partial charge in [-0.3, -0.25) is 0 Å². The topological polar surface area (TPSA) is 0 Å². The van der Waals surface area contributed by atoms with E-state index in [0.717, 1.165) is 0 Å². The second-order valence-corrected chi connectivity index (χ2v) is 9.67. The fraction of sp³-hybridized carbons (Fsp3) is 0.556. The van der Waals surface area contributed by atoms with E-state index in [2.05, 4.69) is 37.9 Å². The first kappa shape index (κ1) is 19.7. The fourth-order valence-electron chi connectivity index (χ4n) is 1.30. The van der Waals surface area contributed by atoms with E-state index in [4.69, 9.17) is 0 Å². The average molecular weight is 402 g/mol. The Morgan fingerprint density at radius 3 is 2.08 bits per heavy atom. The monoisotopic (exact) mass is 402 g/mol. The largest absolute Gasteiger partial charge is 2.00 e. The third kappa shape index (κ3) is 9.45. The molecule has 0 aromatic heterocycles. The van der Waals surface area contributed by atoms with Gasteiger partial charge in [-0.2, -0.15) is 0 Å². The van der Waals surface area contributed by atoms with Crippen molar-refractivity contribution in [1.29, 1.82) is 0 Å². The first-order valence-electron chi connectivity index (χ1n) is 3.92. The summed E-state index contributed by atoms with van der Waals surface area (Å²) in [5.41, 5.74) is 1.64. The Kier molecular flexibility index (Phi) is 12.8. The second-order valence-electron chi connectivity index (χ2n) is 4.19.